The van der Waals surface area contributed by atoms with Crippen molar-refractivity contribution in [3.05, 3.63) is 65.1 Å². The molecular formula is C22H23F2N3O4. The molecule has 0 saturated heterocycles. The molecule has 3 rings (SSSR count). The minimum Gasteiger partial charge on any atom is -0.490 e. The molecule has 0 saturated carbocycles. The number of hydrogen-bond acceptors (Lipinski definition) is 6. The highest BCUT2D eigenvalue weighted by atomic mass is 19.1. The lowest BCUT2D eigenvalue weighted by molar-refractivity contribution is 0.0944. The molecular weight excluding hydrogens is 408 g/mol. The van der Waals surface area contributed by atoms with Crippen LogP contribution in [0.3, 0.4) is 0 Å². The number of oxazole rings is 1. The molecule has 0 fully saturated rings. The van der Waals surface area contributed by atoms with Crippen molar-refractivity contribution in [2.45, 2.75) is 26.9 Å². The molecule has 0 aliphatic rings. The van der Waals surface area contributed by atoms with Gasteiger partial charge in [0.25, 0.3) is 5.91 Å². The summed E-state index contributed by atoms with van der Waals surface area (Å²) in [6.45, 7) is 4.44. The molecule has 0 radical (unpaired) electrons. The molecule has 9 heteroatoms. The lowest BCUT2D eigenvalue weighted by atomic mass is 10.2. The van der Waals surface area contributed by atoms with E-state index in [1.807, 2.05) is 13.8 Å². The van der Waals surface area contributed by atoms with E-state index in [-0.39, 0.29) is 36.0 Å². The number of halogens is 2. The molecule has 1 amide bonds. The van der Waals surface area contributed by atoms with Gasteiger partial charge in [0.05, 0.1) is 19.8 Å². The number of rotatable bonds is 9. The smallest absolute Gasteiger partial charge is 0.273 e. The molecule has 0 aliphatic heterocycles. The molecule has 0 spiro atoms. The van der Waals surface area contributed by atoms with Gasteiger partial charge in [0.1, 0.15) is 11.6 Å². The molecule has 3 N–H and O–H groups in total. The lowest BCUT2D eigenvalue weighted by Gasteiger charge is -2.11. The van der Waals surface area contributed by atoms with Crippen molar-refractivity contribution in [2.24, 2.45) is 5.73 Å². The molecule has 0 unspecified atom stereocenters. The Kier molecular flexibility index (Phi) is 7.19. The summed E-state index contributed by atoms with van der Waals surface area (Å²) in [5, 5.41) is 2.55. The fourth-order valence-electron chi connectivity index (χ4n) is 2.90. The van der Waals surface area contributed by atoms with Gasteiger partial charge in [-0.2, -0.15) is 0 Å². The van der Waals surface area contributed by atoms with Crippen LogP contribution in [0.2, 0.25) is 0 Å². The van der Waals surface area contributed by atoms with Crippen molar-refractivity contribution < 1.29 is 27.5 Å². The van der Waals surface area contributed by atoms with E-state index in [1.165, 1.54) is 6.07 Å². The summed E-state index contributed by atoms with van der Waals surface area (Å²) < 4.78 is 43.7. The van der Waals surface area contributed by atoms with E-state index in [9.17, 15) is 13.6 Å². The van der Waals surface area contributed by atoms with E-state index in [1.54, 1.807) is 18.2 Å². The van der Waals surface area contributed by atoms with Gasteiger partial charge in [-0.25, -0.2) is 13.8 Å². The SMILES string of the molecule is CCOc1ccc(-c2nc(C(=O)NCc3ccc(F)cc3F)c(CN)o2)cc1OCC. The number of carbonyl (C=O) groups excluding carboxylic acids is 1. The van der Waals surface area contributed by atoms with Gasteiger partial charge >= 0.3 is 0 Å². The molecule has 164 valence electrons. The van der Waals surface area contributed by atoms with Crippen LogP contribution in [-0.4, -0.2) is 24.1 Å². The average molecular weight is 431 g/mol. The van der Waals surface area contributed by atoms with Gasteiger partial charge in [0.2, 0.25) is 5.89 Å². The maximum atomic E-state index is 13.8. The molecule has 0 atom stereocenters. The van der Waals surface area contributed by atoms with Gasteiger partial charge in [-0.3, -0.25) is 4.79 Å². The summed E-state index contributed by atoms with van der Waals surface area (Å²) in [6, 6.07) is 8.30. The summed E-state index contributed by atoms with van der Waals surface area (Å²) in [5.74, 6) is -0.569. The first-order valence-electron chi connectivity index (χ1n) is 9.78. The Morgan fingerprint density at radius 1 is 1.10 bits per heavy atom. The number of amides is 1. The van der Waals surface area contributed by atoms with Gasteiger partial charge in [-0.1, -0.05) is 6.07 Å². The van der Waals surface area contributed by atoms with Crippen LogP contribution >= 0.6 is 0 Å². The van der Waals surface area contributed by atoms with Crippen LogP contribution < -0.4 is 20.5 Å². The Balaban J connectivity index is 1.83. The molecule has 3 aromatic rings. The van der Waals surface area contributed by atoms with Gasteiger partial charge in [-0.15, -0.1) is 0 Å². The Labute approximate surface area is 178 Å². The van der Waals surface area contributed by atoms with E-state index in [0.29, 0.717) is 30.3 Å². The minimum absolute atomic E-state index is 0.00753. The van der Waals surface area contributed by atoms with E-state index < -0.39 is 17.5 Å². The molecule has 1 aromatic heterocycles. The van der Waals surface area contributed by atoms with Crippen molar-refractivity contribution in [3.8, 4) is 23.0 Å². The van der Waals surface area contributed by atoms with Crippen LogP contribution in [-0.2, 0) is 13.1 Å². The number of benzene rings is 2. The second-order valence-corrected chi connectivity index (χ2v) is 6.44. The maximum absolute atomic E-state index is 13.8. The third-order valence-corrected chi connectivity index (χ3v) is 4.34. The van der Waals surface area contributed by atoms with Crippen LogP contribution in [0.15, 0.2) is 40.8 Å². The largest absolute Gasteiger partial charge is 0.490 e. The van der Waals surface area contributed by atoms with Crippen molar-refractivity contribution >= 4 is 5.91 Å². The van der Waals surface area contributed by atoms with E-state index in [0.717, 1.165) is 12.1 Å². The van der Waals surface area contributed by atoms with E-state index >= 15 is 0 Å². The first-order chi connectivity index (χ1) is 15.0. The zero-order valence-corrected chi connectivity index (χ0v) is 17.2. The second kappa shape index (κ2) is 10.0. The van der Waals surface area contributed by atoms with Crippen molar-refractivity contribution in [1.29, 1.82) is 0 Å². The van der Waals surface area contributed by atoms with E-state index in [4.69, 9.17) is 19.6 Å². The Bertz CT molecular complexity index is 1070. The van der Waals surface area contributed by atoms with Crippen molar-refractivity contribution in [3.63, 3.8) is 0 Å². The summed E-state index contributed by atoms with van der Waals surface area (Å²) >= 11 is 0. The molecule has 7 nitrogen and oxygen atoms in total. The molecule has 31 heavy (non-hydrogen) atoms. The topological polar surface area (TPSA) is 99.6 Å². The monoisotopic (exact) mass is 431 g/mol. The van der Waals surface area contributed by atoms with Gasteiger partial charge < -0.3 is 24.9 Å². The van der Waals surface area contributed by atoms with Gasteiger partial charge in [0, 0.05) is 23.7 Å². The highest BCUT2D eigenvalue weighted by Crippen LogP contribution is 2.33. The molecule has 0 aliphatic carbocycles. The van der Waals surface area contributed by atoms with Crippen molar-refractivity contribution in [2.75, 3.05) is 13.2 Å². The van der Waals surface area contributed by atoms with Crippen LogP contribution in [0, 0.1) is 11.6 Å². The number of aromatic nitrogens is 1. The Morgan fingerprint density at radius 2 is 1.84 bits per heavy atom. The number of ether oxygens (including phenoxy) is 2. The third kappa shape index (κ3) is 5.18. The van der Waals surface area contributed by atoms with Crippen LogP contribution in [0.4, 0.5) is 8.78 Å². The fourth-order valence-corrected chi connectivity index (χ4v) is 2.90. The number of nitrogens with two attached hydrogens (primary N) is 1. The normalized spacial score (nSPS) is 10.7. The fraction of sp³-hybridized carbons (Fsp3) is 0.273. The predicted octanol–water partition coefficient (Wildman–Crippen LogP) is 3.81. The zero-order chi connectivity index (χ0) is 22.4. The lowest BCUT2D eigenvalue weighted by Crippen LogP contribution is -2.25. The number of nitrogens with one attached hydrogen (secondary N) is 1. The summed E-state index contributed by atoms with van der Waals surface area (Å²) in [6.07, 6.45) is 0. The first kappa shape index (κ1) is 22.2. The number of carbonyl (C=O) groups is 1. The van der Waals surface area contributed by atoms with Crippen LogP contribution in [0.5, 0.6) is 11.5 Å². The molecule has 2 aromatic carbocycles. The van der Waals surface area contributed by atoms with Crippen LogP contribution in [0.25, 0.3) is 11.5 Å². The van der Waals surface area contributed by atoms with Gasteiger partial charge in [0.15, 0.2) is 23.0 Å². The summed E-state index contributed by atoms with van der Waals surface area (Å²) in [5.41, 5.74) is 6.42. The van der Waals surface area contributed by atoms with Crippen LogP contribution in [0.1, 0.15) is 35.7 Å². The number of hydrogen-bond donors (Lipinski definition) is 2. The zero-order valence-electron chi connectivity index (χ0n) is 17.2. The molecule has 1 heterocycles. The summed E-state index contributed by atoms with van der Waals surface area (Å²) in [7, 11) is 0. The first-order valence-corrected chi connectivity index (χ1v) is 9.78. The quantitative estimate of drug-likeness (QED) is 0.535. The Morgan fingerprint density at radius 3 is 2.52 bits per heavy atom. The maximum Gasteiger partial charge on any atom is 0.273 e. The number of nitrogens with zero attached hydrogens (tertiary/aromatic N) is 1. The predicted molar refractivity (Wildman–Crippen MR) is 110 cm³/mol. The van der Waals surface area contributed by atoms with Crippen molar-refractivity contribution in [1.82, 2.24) is 10.3 Å². The standard InChI is InChI=1S/C22H23F2N3O4/c1-3-29-17-8-6-13(9-18(17)30-4-2)22-27-20(19(11-25)31-22)21(28)26-12-14-5-7-15(23)10-16(14)24/h5-10H,3-4,11-12,25H2,1-2H3,(H,26,28). The third-order valence-electron chi connectivity index (χ3n) is 4.34. The second-order valence-electron chi connectivity index (χ2n) is 6.44. The highest BCUT2D eigenvalue weighted by molar-refractivity contribution is 5.93. The average Bonchev–Trinajstić information content (AvgIpc) is 3.19. The Hall–Kier alpha value is -3.46. The molecule has 0 bridgehead atoms. The minimum atomic E-state index is -0.752. The van der Waals surface area contributed by atoms with Gasteiger partial charge in [-0.05, 0) is 38.1 Å². The highest BCUT2D eigenvalue weighted by Gasteiger charge is 2.21. The summed E-state index contributed by atoms with van der Waals surface area (Å²) in [4.78, 5) is 16.9. The van der Waals surface area contributed by atoms with E-state index in [2.05, 4.69) is 10.3 Å².